The van der Waals surface area contributed by atoms with Gasteiger partial charge < -0.3 is 4.90 Å². The SMILES string of the molecule is CCN(C=O)CC.Cn1nnc(Cc2ccc(Cl)cc2Cl)n1. The number of hydrogen-bond donors (Lipinski definition) is 0. The molecule has 0 unspecified atom stereocenters. The van der Waals surface area contributed by atoms with Crippen molar-refractivity contribution in [2.45, 2.75) is 20.3 Å². The van der Waals surface area contributed by atoms with Crippen molar-refractivity contribution in [2.75, 3.05) is 13.1 Å². The van der Waals surface area contributed by atoms with E-state index >= 15 is 0 Å². The molecule has 8 heteroatoms. The van der Waals surface area contributed by atoms with E-state index in [1.165, 1.54) is 4.80 Å². The van der Waals surface area contributed by atoms with Gasteiger partial charge in [-0.15, -0.1) is 10.2 Å². The lowest BCUT2D eigenvalue weighted by atomic mass is 10.1. The van der Waals surface area contributed by atoms with Gasteiger partial charge in [0.25, 0.3) is 0 Å². The van der Waals surface area contributed by atoms with Crippen LogP contribution in [0.3, 0.4) is 0 Å². The number of rotatable bonds is 5. The lowest BCUT2D eigenvalue weighted by molar-refractivity contribution is -0.117. The summed E-state index contributed by atoms with van der Waals surface area (Å²) in [6, 6.07) is 5.36. The molecule has 2 rings (SSSR count). The maximum absolute atomic E-state index is 9.89. The monoisotopic (exact) mass is 343 g/mol. The van der Waals surface area contributed by atoms with E-state index in [-0.39, 0.29) is 0 Å². The Morgan fingerprint density at radius 3 is 2.36 bits per heavy atom. The molecule has 0 aliphatic heterocycles. The molecule has 0 saturated carbocycles. The second-order valence-corrected chi connectivity index (χ2v) is 5.28. The van der Waals surface area contributed by atoms with Crippen LogP contribution in [0, 0.1) is 0 Å². The largest absolute Gasteiger partial charge is 0.346 e. The molecule has 0 N–H and O–H groups in total. The van der Waals surface area contributed by atoms with Gasteiger partial charge in [-0.05, 0) is 36.8 Å². The molecule has 0 aliphatic carbocycles. The number of nitrogens with zero attached hydrogens (tertiary/aromatic N) is 5. The summed E-state index contributed by atoms with van der Waals surface area (Å²) in [6.45, 7) is 5.55. The second-order valence-electron chi connectivity index (χ2n) is 4.43. The van der Waals surface area contributed by atoms with Crippen molar-refractivity contribution in [3.8, 4) is 0 Å². The van der Waals surface area contributed by atoms with Gasteiger partial charge in [-0.3, -0.25) is 4.79 Å². The van der Waals surface area contributed by atoms with E-state index < -0.39 is 0 Å². The summed E-state index contributed by atoms with van der Waals surface area (Å²) < 4.78 is 0. The Morgan fingerprint density at radius 1 is 1.27 bits per heavy atom. The van der Waals surface area contributed by atoms with Gasteiger partial charge in [0.2, 0.25) is 6.41 Å². The second kappa shape index (κ2) is 9.38. The third kappa shape index (κ3) is 5.99. The first-order chi connectivity index (χ1) is 10.5. The molecule has 0 spiro atoms. The minimum atomic E-state index is 0.559. The zero-order chi connectivity index (χ0) is 16.5. The molecule has 1 amide bonds. The molecule has 22 heavy (non-hydrogen) atoms. The molecule has 0 atom stereocenters. The van der Waals surface area contributed by atoms with Gasteiger partial charge in [0, 0.05) is 29.6 Å². The lowest BCUT2D eigenvalue weighted by Gasteiger charge is -2.08. The summed E-state index contributed by atoms with van der Waals surface area (Å²) in [5.74, 6) is 0.640. The number of carbonyl (C=O) groups is 1. The standard InChI is InChI=1S/C9H8Cl2N4.C5H11NO/c1-15-13-9(12-14-15)4-6-2-3-7(10)5-8(6)11;1-3-6(4-2)5-7/h2-3,5H,4H2,1H3;5H,3-4H2,1-2H3. The zero-order valence-corrected chi connectivity index (χ0v) is 14.3. The first-order valence-corrected chi connectivity index (χ1v) is 7.61. The van der Waals surface area contributed by atoms with E-state index in [1.54, 1.807) is 24.1 Å². The quantitative estimate of drug-likeness (QED) is 0.782. The average Bonchev–Trinajstić information content (AvgIpc) is 2.90. The number of amides is 1. The molecular formula is C14H19Cl2N5O. The number of carbonyl (C=O) groups excluding carboxylic acids is 1. The Balaban J connectivity index is 0.000000295. The van der Waals surface area contributed by atoms with Crippen molar-refractivity contribution in [3.63, 3.8) is 0 Å². The summed E-state index contributed by atoms with van der Waals surface area (Å²) >= 11 is 11.8. The molecule has 0 saturated heterocycles. The molecule has 1 aromatic heterocycles. The van der Waals surface area contributed by atoms with Gasteiger partial charge in [-0.1, -0.05) is 29.3 Å². The number of halogens is 2. The number of aromatic nitrogens is 4. The Morgan fingerprint density at radius 2 is 1.95 bits per heavy atom. The van der Waals surface area contributed by atoms with Gasteiger partial charge >= 0.3 is 0 Å². The summed E-state index contributed by atoms with van der Waals surface area (Å²) in [4.78, 5) is 13.0. The van der Waals surface area contributed by atoms with Crippen LogP contribution in [0.5, 0.6) is 0 Å². The lowest BCUT2D eigenvalue weighted by Crippen LogP contribution is -2.19. The summed E-state index contributed by atoms with van der Waals surface area (Å²) in [5.41, 5.74) is 0.939. The maximum Gasteiger partial charge on any atom is 0.209 e. The van der Waals surface area contributed by atoms with E-state index in [9.17, 15) is 4.79 Å². The van der Waals surface area contributed by atoms with Crippen molar-refractivity contribution in [3.05, 3.63) is 39.6 Å². The first kappa shape index (κ1) is 18.4. The summed E-state index contributed by atoms with van der Waals surface area (Å²) in [6.07, 6.45) is 1.42. The van der Waals surface area contributed by atoms with Crippen molar-refractivity contribution >= 4 is 29.6 Å². The molecule has 1 aromatic carbocycles. The van der Waals surface area contributed by atoms with Crippen LogP contribution in [0.15, 0.2) is 18.2 Å². The predicted molar refractivity (Wildman–Crippen MR) is 87.1 cm³/mol. The first-order valence-electron chi connectivity index (χ1n) is 6.86. The minimum Gasteiger partial charge on any atom is -0.346 e. The fourth-order valence-corrected chi connectivity index (χ4v) is 2.08. The van der Waals surface area contributed by atoms with Crippen LogP contribution in [0.2, 0.25) is 10.0 Å². The Kier molecular flexibility index (Phi) is 7.84. The number of aryl methyl sites for hydroxylation is 1. The highest BCUT2D eigenvalue weighted by atomic mass is 35.5. The van der Waals surface area contributed by atoms with Crippen molar-refractivity contribution in [1.29, 1.82) is 0 Å². The van der Waals surface area contributed by atoms with Crippen molar-refractivity contribution in [2.24, 2.45) is 7.05 Å². The molecule has 0 fully saturated rings. The number of hydrogen-bond acceptors (Lipinski definition) is 4. The van der Waals surface area contributed by atoms with Crippen molar-refractivity contribution < 1.29 is 4.79 Å². The molecule has 0 aliphatic rings. The molecule has 2 aromatic rings. The van der Waals surface area contributed by atoms with Crippen LogP contribution < -0.4 is 0 Å². The minimum absolute atomic E-state index is 0.559. The highest BCUT2D eigenvalue weighted by Crippen LogP contribution is 2.22. The fraction of sp³-hybridized carbons (Fsp3) is 0.429. The molecule has 0 radical (unpaired) electrons. The van der Waals surface area contributed by atoms with Gasteiger partial charge in [0.05, 0.1) is 7.05 Å². The summed E-state index contributed by atoms with van der Waals surface area (Å²) in [7, 11) is 1.72. The Bertz CT molecular complexity index is 599. The zero-order valence-electron chi connectivity index (χ0n) is 12.8. The van der Waals surface area contributed by atoms with E-state index in [2.05, 4.69) is 15.4 Å². The average molecular weight is 344 g/mol. The van der Waals surface area contributed by atoms with E-state index in [0.717, 1.165) is 25.1 Å². The maximum atomic E-state index is 9.89. The molecule has 6 nitrogen and oxygen atoms in total. The summed E-state index contributed by atoms with van der Waals surface area (Å²) in [5, 5.41) is 12.9. The third-order valence-electron chi connectivity index (χ3n) is 2.87. The van der Waals surface area contributed by atoms with Crippen LogP contribution in [0.1, 0.15) is 25.2 Å². The van der Waals surface area contributed by atoms with Crippen LogP contribution in [-0.4, -0.2) is 44.6 Å². The topological polar surface area (TPSA) is 63.9 Å². The van der Waals surface area contributed by atoms with Crippen molar-refractivity contribution in [1.82, 2.24) is 25.1 Å². The van der Waals surface area contributed by atoms with Gasteiger partial charge in [0.1, 0.15) is 0 Å². The van der Waals surface area contributed by atoms with E-state index in [0.29, 0.717) is 22.3 Å². The van der Waals surface area contributed by atoms with Crippen LogP contribution in [0.4, 0.5) is 0 Å². The molecular weight excluding hydrogens is 325 g/mol. The highest BCUT2D eigenvalue weighted by molar-refractivity contribution is 6.35. The Labute approximate surface area is 140 Å². The molecule has 0 bridgehead atoms. The number of benzene rings is 1. The predicted octanol–water partition coefficient (Wildman–Crippen LogP) is 2.59. The van der Waals surface area contributed by atoms with Gasteiger partial charge in [-0.25, -0.2) is 0 Å². The Hall–Kier alpha value is -1.66. The highest BCUT2D eigenvalue weighted by Gasteiger charge is 2.06. The molecule has 120 valence electrons. The van der Waals surface area contributed by atoms with Crippen LogP contribution >= 0.6 is 23.2 Å². The van der Waals surface area contributed by atoms with Gasteiger partial charge in [-0.2, -0.15) is 4.80 Å². The van der Waals surface area contributed by atoms with E-state index in [1.807, 2.05) is 19.9 Å². The smallest absolute Gasteiger partial charge is 0.209 e. The fourth-order valence-electron chi connectivity index (χ4n) is 1.60. The normalized spacial score (nSPS) is 9.86. The third-order valence-corrected chi connectivity index (χ3v) is 3.46. The van der Waals surface area contributed by atoms with Crippen LogP contribution in [-0.2, 0) is 18.3 Å². The van der Waals surface area contributed by atoms with E-state index in [4.69, 9.17) is 23.2 Å². The van der Waals surface area contributed by atoms with Crippen LogP contribution in [0.25, 0.3) is 0 Å². The number of tetrazole rings is 1. The van der Waals surface area contributed by atoms with Gasteiger partial charge in [0.15, 0.2) is 5.82 Å². The molecule has 1 heterocycles.